The van der Waals surface area contributed by atoms with Gasteiger partial charge < -0.3 is 14.4 Å². The number of ether oxygens (including phenoxy) is 2. The Morgan fingerprint density at radius 1 is 1.14 bits per heavy atom. The summed E-state index contributed by atoms with van der Waals surface area (Å²) in [6, 6.07) is 6.82. The molecule has 28 heavy (non-hydrogen) atoms. The van der Waals surface area contributed by atoms with Crippen molar-refractivity contribution in [1.29, 1.82) is 0 Å². The molecule has 0 fully saturated rings. The SMILES string of the molecule is CCC(C)Oc1ncc(C(F)(F)F)c(N(C)c2ccccc2OCC(C)C)n1. The maximum absolute atomic E-state index is 13.6. The molecule has 0 aliphatic carbocycles. The number of anilines is 2. The van der Waals surface area contributed by atoms with Crippen molar-refractivity contribution in [1.82, 2.24) is 9.97 Å². The maximum Gasteiger partial charge on any atom is 0.421 e. The monoisotopic (exact) mass is 397 g/mol. The van der Waals surface area contributed by atoms with Crippen molar-refractivity contribution in [3.63, 3.8) is 0 Å². The lowest BCUT2D eigenvalue weighted by Gasteiger charge is -2.25. The molecular formula is C20H26F3N3O2. The molecule has 0 bridgehead atoms. The lowest BCUT2D eigenvalue weighted by Crippen LogP contribution is -2.21. The van der Waals surface area contributed by atoms with Gasteiger partial charge in [-0.05, 0) is 31.4 Å². The van der Waals surface area contributed by atoms with Crippen molar-refractivity contribution < 1.29 is 22.6 Å². The van der Waals surface area contributed by atoms with Crippen LogP contribution in [0.1, 0.15) is 39.7 Å². The number of aromatic nitrogens is 2. The molecule has 2 aromatic rings. The molecule has 0 saturated carbocycles. The molecular weight excluding hydrogens is 371 g/mol. The van der Waals surface area contributed by atoms with Crippen molar-refractivity contribution in [2.45, 2.75) is 46.4 Å². The molecule has 0 saturated heterocycles. The topological polar surface area (TPSA) is 47.5 Å². The van der Waals surface area contributed by atoms with Crippen LogP contribution < -0.4 is 14.4 Å². The first kappa shape index (κ1) is 21.8. The van der Waals surface area contributed by atoms with Crippen LogP contribution in [0, 0.1) is 5.92 Å². The normalized spacial score (nSPS) is 12.8. The second-order valence-electron chi connectivity index (χ2n) is 6.96. The summed E-state index contributed by atoms with van der Waals surface area (Å²) in [5.74, 6) is 0.468. The molecule has 1 heterocycles. The highest BCUT2D eigenvalue weighted by Gasteiger charge is 2.37. The molecule has 1 aromatic carbocycles. The summed E-state index contributed by atoms with van der Waals surface area (Å²) in [5, 5.41) is 0. The van der Waals surface area contributed by atoms with E-state index in [4.69, 9.17) is 9.47 Å². The van der Waals surface area contributed by atoms with Crippen molar-refractivity contribution in [2.75, 3.05) is 18.6 Å². The minimum Gasteiger partial charge on any atom is -0.491 e. The van der Waals surface area contributed by atoms with Gasteiger partial charge in [0.2, 0.25) is 0 Å². The fourth-order valence-corrected chi connectivity index (χ4v) is 2.36. The Morgan fingerprint density at radius 2 is 1.82 bits per heavy atom. The summed E-state index contributed by atoms with van der Waals surface area (Å²) in [7, 11) is 1.52. The summed E-state index contributed by atoms with van der Waals surface area (Å²) in [5.41, 5.74) is -0.466. The number of benzene rings is 1. The second-order valence-corrected chi connectivity index (χ2v) is 6.96. The number of rotatable bonds is 8. The summed E-state index contributed by atoms with van der Waals surface area (Å²) in [6.07, 6.45) is -3.38. The van der Waals surface area contributed by atoms with Gasteiger partial charge in [-0.1, -0.05) is 32.9 Å². The van der Waals surface area contributed by atoms with E-state index in [2.05, 4.69) is 9.97 Å². The van der Waals surface area contributed by atoms with Crippen LogP contribution in [0.2, 0.25) is 0 Å². The first-order chi connectivity index (χ1) is 13.1. The second kappa shape index (κ2) is 9.12. The van der Waals surface area contributed by atoms with Crippen molar-refractivity contribution in [2.24, 2.45) is 5.92 Å². The highest BCUT2D eigenvalue weighted by Crippen LogP contribution is 2.40. The number of alkyl halides is 3. The highest BCUT2D eigenvalue weighted by molar-refractivity contribution is 5.68. The Hall–Kier alpha value is -2.51. The molecule has 0 radical (unpaired) electrons. The van der Waals surface area contributed by atoms with Crippen LogP contribution in [0.25, 0.3) is 0 Å². The fraction of sp³-hybridized carbons (Fsp3) is 0.500. The van der Waals surface area contributed by atoms with Gasteiger partial charge in [0.1, 0.15) is 11.3 Å². The van der Waals surface area contributed by atoms with Crippen molar-refractivity contribution in [3.05, 3.63) is 36.0 Å². The van der Waals surface area contributed by atoms with Crippen molar-refractivity contribution >= 4 is 11.5 Å². The van der Waals surface area contributed by atoms with Gasteiger partial charge in [-0.15, -0.1) is 0 Å². The predicted molar refractivity (Wildman–Crippen MR) is 102 cm³/mol. The largest absolute Gasteiger partial charge is 0.491 e. The minimum atomic E-state index is -4.60. The average Bonchev–Trinajstić information content (AvgIpc) is 2.65. The molecule has 0 amide bonds. The van der Waals surface area contributed by atoms with Gasteiger partial charge in [-0.25, -0.2) is 4.98 Å². The number of hydrogen-bond acceptors (Lipinski definition) is 5. The molecule has 1 atom stereocenters. The number of hydrogen-bond donors (Lipinski definition) is 0. The van der Waals surface area contributed by atoms with E-state index in [1.165, 1.54) is 11.9 Å². The van der Waals surface area contributed by atoms with Gasteiger partial charge >= 0.3 is 12.2 Å². The Bertz CT molecular complexity index is 782. The quantitative estimate of drug-likeness (QED) is 0.591. The molecule has 5 nitrogen and oxygen atoms in total. The van der Waals surface area contributed by atoms with E-state index in [1.54, 1.807) is 31.2 Å². The summed E-state index contributed by atoms with van der Waals surface area (Å²) in [6.45, 7) is 8.15. The van der Waals surface area contributed by atoms with E-state index < -0.39 is 11.7 Å². The van der Waals surface area contributed by atoms with Gasteiger partial charge in [-0.2, -0.15) is 18.2 Å². The van der Waals surface area contributed by atoms with E-state index in [-0.39, 0.29) is 23.9 Å². The molecule has 2 rings (SSSR count). The Morgan fingerprint density at radius 3 is 2.43 bits per heavy atom. The summed E-state index contributed by atoms with van der Waals surface area (Å²) < 4.78 is 52.0. The van der Waals surface area contributed by atoms with Crippen LogP contribution in [-0.4, -0.2) is 29.7 Å². The van der Waals surface area contributed by atoms with Gasteiger partial charge in [0.25, 0.3) is 0 Å². The van der Waals surface area contributed by atoms with E-state index in [1.807, 2.05) is 20.8 Å². The van der Waals surface area contributed by atoms with Crippen LogP contribution >= 0.6 is 0 Å². The first-order valence-corrected chi connectivity index (χ1v) is 9.19. The fourth-order valence-electron chi connectivity index (χ4n) is 2.36. The zero-order valence-electron chi connectivity index (χ0n) is 16.7. The zero-order chi connectivity index (χ0) is 20.9. The third kappa shape index (κ3) is 5.50. The number of halogens is 3. The maximum atomic E-state index is 13.6. The van der Waals surface area contributed by atoms with Gasteiger partial charge in [0, 0.05) is 13.2 Å². The zero-order valence-corrected chi connectivity index (χ0v) is 16.7. The van der Waals surface area contributed by atoms with Crippen LogP contribution in [-0.2, 0) is 6.18 Å². The lowest BCUT2D eigenvalue weighted by molar-refractivity contribution is -0.137. The van der Waals surface area contributed by atoms with E-state index in [0.717, 1.165) is 6.20 Å². The standard InChI is InChI=1S/C20H26F3N3O2/c1-6-14(4)28-19-24-11-15(20(21,22)23)18(25-19)26(5)16-9-7-8-10-17(16)27-12-13(2)3/h7-11,13-14H,6,12H2,1-5H3. The van der Waals surface area contributed by atoms with E-state index in [0.29, 0.717) is 24.5 Å². The number of para-hydroxylation sites is 2. The lowest BCUT2D eigenvalue weighted by atomic mass is 10.2. The van der Waals surface area contributed by atoms with E-state index >= 15 is 0 Å². The third-order valence-electron chi connectivity index (χ3n) is 4.05. The van der Waals surface area contributed by atoms with Gasteiger partial charge in [0.15, 0.2) is 5.82 Å². The van der Waals surface area contributed by atoms with Gasteiger partial charge in [-0.3, -0.25) is 0 Å². The summed E-state index contributed by atoms with van der Waals surface area (Å²) in [4.78, 5) is 9.15. The molecule has 1 aromatic heterocycles. The van der Waals surface area contributed by atoms with Gasteiger partial charge in [0.05, 0.1) is 18.4 Å². The molecule has 1 unspecified atom stereocenters. The van der Waals surface area contributed by atoms with E-state index in [9.17, 15) is 13.2 Å². The third-order valence-corrected chi connectivity index (χ3v) is 4.05. The van der Waals surface area contributed by atoms with Crippen LogP contribution in [0.5, 0.6) is 11.8 Å². The Labute approximate surface area is 163 Å². The molecule has 0 aliphatic heterocycles. The first-order valence-electron chi connectivity index (χ1n) is 9.19. The van der Waals surface area contributed by atoms with Crippen molar-refractivity contribution in [3.8, 4) is 11.8 Å². The molecule has 154 valence electrons. The van der Waals surface area contributed by atoms with Crippen LogP contribution in [0.15, 0.2) is 30.5 Å². The highest BCUT2D eigenvalue weighted by atomic mass is 19.4. The molecule has 0 N–H and O–H groups in total. The number of nitrogens with zero attached hydrogens (tertiary/aromatic N) is 3. The Kier molecular flexibility index (Phi) is 7.10. The minimum absolute atomic E-state index is 0.0928. The predicted octanol–water partition coefficient (Wildman–Crippen LogP) is 5.48. The molecule has 0 aliphatic rings. The summed E-state index contributed by atoms with van der Waals surface area (Å²) >= 11 is 0. The average molecular weight is 397 g/mol. The Balaban J connectivity index is 2.48. The molecule has 8 heteroatoms. The smallest absolute Gasteiger partial charge is 0.421 e. The van der Waals surface area contributed by atoms with Crippen LogP contribution in [0.3, 0.4) is 0 Å². The molecule has 0 spiro atoms. The van der Waals surface area contributed by atoms with Crippen LogP contribution in [0.4, 0.5) is 24.7 Å².